The number of amides is 1. The number of thiocarbonyl (C=S) groups is 1. The first-order valence-corrected chi connectivity index (χ1v) is 10.8. The zero-order valence-corrected chi connectivity index (χ0v) is 19.0. The summed E-state index contributed by atoms with van der Waals surface area (Å²) >= 11 is 5.80. The van der Waals surface area contributed by atoms with E-state index in [9.17, 15) is 4.79 Å². The highest BCUT2D eigenvalue weighted by Gasteiger charge is 2.42. The van der Waals surface area contributed by atoms with Crippen LogP contribution in [-0.4, -0.2) is 20.6 Å². The first-order valence-electron chi connectivity index (χ1n) is 10.4. The normalized spacial score (nSPS) is 18.2. The quantitative estimate of drug-likeness (QED) is 0.578. The average molecular weight is 434 g/mol. The lowest BCUT2D eigenvalue weighted by molar-refractivity contribution is -0.115. The molecule has 2 atom stereocenters. The first-order chi connectivity index (χ1) is 14.9. The molecule has 2 N–H and O–H groups in total. The minimum atomic E-state index is -0.0820. The van der Waals surface area contributed by atoms with Gasteiger partial charge in [0.25, 0.3) is 0 Å². The molecule has 2 unspecified atom stereocenters. The van der Waals surface area contributed by atoms with E-state index in [0.29, 0.717) is 11.5 Å². The van der Waals surface area contributed by atoms with Gasteiger partial charge in [0.1, 0.15) is 6.04 Å². The van der Waals surface area contributed by atoms with E-state index in [1.54, 1.807) is 0 Å². The average Bonchev–Trinajstić information content (AvgIpc) is 3.28. The van der Waals surface area contributed by atoms with Crippen molar-refractivity contribution in [1.82, 2.24) is 14.9 Å². The van der Waals surface area contributed by atoms with Crippen molar-refractivity contribution in [3.05, 3.63) is 77.4 Å². The molecule has 4 rings (SSSR count). The van der Waals surface area contributed by atoms with E-state index >= 15 is 0 Å². The zero-order chi connectivity index (χ0) is 22.1. The summed E-state index contributed by atoms with van der Waals surface area (Å²) in [5.41, 5.74) is 6.07. The number of hydrogen-bond donors (Lipinski definition) is 2. The Hall–Kier alpha value is -3.19. The van der Waals surface area contributed by atoms with E-state index in [4.69, 9.17) is 12.2 Å². The molecule has 1 saturated heterocycles. The van der Waals surface area contributed by atoms with Crippen molar-refractivity contribution >= 4 is 34.6 Å². The van der Waals surface area contributed by atoms with E-state index < -0.39 is 0 Å². The summed E-state index contributed by atoms with van der Waals surface area (Å²) in [6.45, 7) is 5.94. The van der Waals surface area contributed by atoms with Gasteiger partial charge < -0.3 is 20.1 Å². The van der Waals surface area contributed by atoms with Crippen molar-refractivity contribution in [2.45, 2.75) is 39.3 Å². The van der Waals surface area contributed by atoms with Gasteiger partial charge in [0.05, 0.1) is 11.7 Å². The molecule has 1 fully saturated rings. The van der Waals surface area contributed by atoms with Crippen LogP contribution in [0.1, 0.15) is 48.1 Å². The Morgan fingerprint density at radius 2 is 2.00 bits per heavy atom. The summed E-state index contributed by atoms with van der Waals surface area (Å²) in [6.07, 6.45) is 2.26. The highest BCUT2D eigenvalue weighted by Crippen LogP contribution is 2.42. The van der Waals surface area contributed by atoms with Gasteiger partial charge in [0, 0.05) is 42.4 Å². The monoisotopic (exact) mass is 433 g/mol. The fourth-order valence-corrected chi connectivity index (χ4v) is 4.39. The molecule has 1 amide bonds. The topological polar surface area (TPSA) is 62.2 Å². The van der Waals surface area contributed by atoms with E-state index in [1.165, 1.54) is 5.69 Å². The van der Waals surface area contributed by atoms with Gasteiger partial charge in [-0.05, 0) is 74.1 Å². The summed E-state index contributed by atoms with van der Waals surface area (Å²) in [4.78, 5) is 18.6. The van der Waals surface area contributed by atoms with E-state index in [2.05, 4.69) is 57.3 Å². The first kappa shape index (κ1) is 21.1. The second-order valence-electron chi connectivity index (χ2n) is 7.86. The number of pyridine rings is 1. The van der Waals surface area contributed by atoms with Crippen LogP contribution in [0.15, 0.2) is 54.7 Å². The van der Waals surface area contributed by atoms with Gasteiger partial charge in [0.15, 0.2) is 5.11 Å². The van der Waals surface area contributed by atoms with Crippen LogP contribution in [0, 0.1) is 13.8 Å². The number of anilines is 2. The van der Waals surface area contributed by atoms with E-state index in [-0.39, 0.29) is 18.0 Å². The predicted octanol–water partition coefficient (Wildman–Crippen LogP) is 4.56. The Kier molecular flexibility index (Phi) is 5.78. The lowest BCUT2D eigenvalue weighted by Gasteiger charge is -2.29. The van der Waals surface area contributed by atoms with Crippen LogP contribution in [0.25, 0.3) is 0 Å². The van der Waals surface area contributed by atoms with Crippen molar-refractivity contribution in [2.24, 2.45) is 7.05 Å². The molecule has 6 nitrogen and oxygen atoms in total. The van der Waals surface area contributed by atoms with Gasteiger partial charge in [-0.1, -0.05) is 13.0 Å². The zero-order valence-electron chi connectivity index (χ0n) is 18.2. The molecule has 1 aliphatic rings. The van der Waals surface area contributed by atoms with Crippen molar-refractivity contribution in [1.29, 1.82) is 0 Å². The van der Waals surface area contributed by atoms with Crippen LogP contribution in [-0.2, 0) is 11.8 Å². The number of aromatic nitrogens is 2. The summed E-state index contributed by atoms with van der Waals surface area (Å²) in [6, 6.07) is 16.1. The van der Waals surface area contributed by atoms with Crippen LogP contribution < -0.4 is 15.5 Å². The second kappa shape index (κ2) is 8.51. The predicted molar refractivity (Wildman–Crippen MR) is 128 cm³/mol. The Morgan fingerprint density at radius 1 is 1.19 bits per heavy atom. The van der Waals surface area contributed by atoms with Crippen molar-refractivity contribution < 1.29 is 4.79 Å². The highest BCUT2D eigenvalue weighted by atomic mass is 32.1. The Balaban J connectivity index is 1.78. The van der Waals surface area contributed by atoms with Gasteiger partial charge >= 0.3 is 0 Å². The Labute approximate surface area is 188 Å². The number of rotatable bonds is 5. The molecule has 0 aliphatic carbocycles. The molecular formula is C24H27N5OS. The molecule has 31 heavy (non-hydrogen) atoms. The maximum Gasteiger partial charge on any atom is 0.224 e. The van der Waals surface area contributed by atoms with Crippen molar-refractivity contribution in [3.8, 4) is 0 Å². The number of aryl methyl sites for hydroxylation is 2. The molecular weight excluding hydrogens is 406 g/mol. The van der Waals surface area contributed by atoms with Gasteiger partial charge in [-0.3, -0.25) is 9.78 Å². The number of nitrogens with zero attached hydrogens (tertiary/aromatic N) is 3. The molecule has 0 bridgehead atoms. The standard InChI is InChI=1S/C24H27N5OS/c1-5-21(30)26-18-11-10-17(14-15(18)2)29-23(20-12-9-16(3)28(20)4)22(27-24(29)31)19-8-6-7-13-25-19/h6-14,22-23H,5H2,1-4H3,(H,26,30)(H,27,31). The minimum absolute atomic E-state index is 0.00147. The number of benzene rings is 1. The third kappa shape index (κ3) is 3.93. The molecule has 0 radical (unpaired) electrons. The maximum absolute atomic E-state index is 11.8. The Bertz CT molecular complexity index is 1120. The van der Waals surface area contributed by atoms with Gasteiger partial charge in [-0.25, -0.2) is 0 Å². The molecule has 3 heterocycles. The number of nitrogens with one attached hydrogen (secondary N) is 2. The third-order valence-electron chi connectivity index (χ3n) is 5.90. The fraction of sp³-hybridized carbons (Fsp3) is 0.292. The van der Waals surface area contributed by atoms with Gasteiger partial charge in [0.2, 0.25) is 5.91 Å². The van der Waals surface area contributed by atoms with Crippen LogP contribution in [0.4, 0.5) is 11.4 Å². The molecule has 160 valence electrons. The number of carbonyl (C=O) groups excluding carboxylic acids is 1. The molecule has 2 aromatic heterocycles. The fourth-order valence-electron chi connectivity index (χ4n) is 4.04. The summed E-state index contributed by atoms with van der Waals surface area (Å²) < 4.78 is 2.20. The van der Waals surface area contributed by atoms with Crippen LogP contribution in [0.3, 0.4) is 0 Å². The van der Waals surface area contributed by atoms with Crippen LogP contribution in [0.2, 0.25) is 0 Å². The summed E-state index contributed by atoms with van der Waals surface area (Å²) in [5, 5.41) is 7.11. The minimum Gasteiger partial charge on any atom is -0.351 e. The lowest BCUT2D eigenvalue weighted by atomic mass is 10.0. The molecule has 0 saturated carbocycles. The lowest BCUT2D eigenvalue weighted by Crippen LogP contribution is -2.30. The molecule has 1 aliphatic heterocycles. The molecule has 0 spiro atoms. The maximum atomic E-state index is 11.8. The van der Waals surface area contributed by atoms with Gasteiger partial charge in [-0.15, -0.1) is 0 Å². The molecule has 7 heteroatoms. The van der Waals surface area contributed by atoms with Crippen molar-refractivity contribution in [2.75, 3.05) is 10.2 Å². The van der Waals surface area contributed by atoms with E-state index in [0.717, 1.165) is 28.3 Å². The van der Waals surface area contributed by atoms with Crippen LogP contribution in [0.5, 0.6) is 0 Å². The van der Waals surface area contributed by atoms with Gasteiger partial charge in [-0.2, -0.15) is 0 Å². The smallest absolute Gasteiger partial charge is 0.224 e. The van der Waals surface area contributed by atoms with Crippen LogP contribution >= 0.6 is 12.2 Å². The highest BCUT2D eigenvalue weighted by molar-refractivity contribution is 7.80. The number of carbonyl (C=O) groups is 1. The molecule has 3 aromatic rings. The largest absolute Gasteiger partial charge is 0.351 e. The van der Waals surface area contributed by atoms with E-state index in [1.807, 2.05) is 50.4 Å². The Morgan fingerprint density at radius 3 is 2.61 bits per heavy atom. The van der Waals surface area contributed by atoms with Crippen molar-refractivity contribution in [3.63, 3.8) is 0 Å². The SMILES string of the molecule is CCC(=O)Nc1ccc(N2C(=S)NC(c3ccccn3)C2c2ccc(C)n2C)cc1C. The summed E-state index contributed by atoms with van der Waals surface area (Å²) in [7, 11) is 2.08. The third-order valence-corrected chi connectivity index (χ3v) is 6.21. The molecule has 1 aromatic carbocycles. The summed E-state index contributed by atoms with van der Waals surface area (Å²) in [5.74, 6) is 0.00147. The number of hydrogen-bond acceptors (Lipinski definition) is 3. The second-order valence-corrected chi connectivity index (χ2v) is 8.24.